The molecule has 1 aromatic carbocycles. The lowest BCUT2D eigenvalue weighted by molar-refractivity contribution is 0.412. The van der Waals surface area contributed by atoms with Crippen LogP contribution in [0.3, 0.4) is 0 Å². The highest BCUT2D eigenvalue weighted by Crippen LogP contribution is 2.42. The predicted octanol–water partition coefficient (Wildman–Crippen LogP) is 4.70. The number of fused-ring (bicyclic) bond motifs is 1. The van der Waals surface area contributed by atoms with Crippen molar-refractivity contribution in [2.75, 3.05) is 5.33 Å². The van der Waals surface area contributed by atoms with E-state index in [2.05, 4.69) is 54.0 Å². The van der Waals surface area contributed by atoms with Gasteiger partial charge in [0.05, 0.1) is 0 Å². The van der Waals surface area contributed by atoms with Crippen LogP contribution in [0.5, 0.6) is 0 Å². The van der Waals surface area contributed by atoms with Gasteiger partial charge in [-0.1, -0.05) is 54.0 Å². The van der Waals surface area contributed by atoms with Crippen molar-refractivity contribution in [3.63, 3.8) is 0 Å². The van der Waals surface area contributed by atoms with Gasteiger partial charge in [0.2, 0.25) is 0 Å². The fourth-order valence-electron chi connectivity index (χ4n) is 2.76. The smallest absolute Gasteiger partial charge is 0.0100 e. The van der Waals surface area contributed by atoms with Gasteiger partial charge in [0.15, 0.2) is 0 Å². The number of hydrogen-bond donors (Lipinski definition) is 0. The third kappa shape index (κ3) is 2.13. The van der Waals surface area contributed by atoms with E-state index in [1.54, 1.807) is 11.1 Å². The molecular formula is C14H19Br. The zero-order valence-corrected chi connectivity index (χ0v) is 11.1. The van der Waals surface area contributed by atoms with Gasteiger partial charge in [0, 0.05) is 5.33 Å². The van der Waals surface area contributed by atoms with Crippen molar-refractivity contribution in [3.8, 4) is 0 Å². The highest BCUT2D eigenvalue weighted by molar-refractivity contribution is 9.09. The summed E-state index contributed by atoms with van der Waals surface area (Å²) in [4.78, 5) is 0. The molecule has 0 N–H and O–H groups in total. The first kappa shape index (κ1) is 11.2. The number of rotatable bonds is 2. The van der Waals surface area contributed by atoms with E-state index in [0.29, 0.717) is 0 Å². The van der Waals surface area contributed by atoms with Gasteiger partial charge >= 0.3 is 0 Å². The van der Waals surface area contributed by atoms with E-state index in [-0.39, 0.29) is 0 Å². The van der Waals surface area contributed by atoms with Crippen LogP contribution in [0.1, 0.15) is 49.7 Å². The molecule has 2 atom stereocenters. The summed E-state index contributed by atoms with van der Waals surface area (Å²) in [5, 5.41) is 1.11. The summed E-state index contributed by atoms with van der Waals surface area (Å²) >= 11 is 3.64. The molecule has 0 amide bonds. The lowest BCUT2D eigenvalue weighted by Crippen LogP contribution is -2.18. The summed E-state index contributed by atoms with van der Waals surface area (Å²) in [6, 6.07) is 9.01. The van der Waals surface area contributed by atoms with Crippen molar-refractivity contribution in [1.82, 2.24) is 0 Å². The highest BCUT2D eigenvalue weighted by Gasteiger charge is 2.27. The van der Waals surface area contributed by atoms with Crippen molar-refractivity contribution < 1.29 is 0 Å². The maximum Gasteiger partial charge on any atom is 0.0100 e. The van der Waals surface area contributed by atoms with Gasteiger partial charge in [0.25, 0.3) is 0 Å². The molecule has 0 aliphatic heterocycles. The van der Waals surface area contributed by atoms with Gasteiger partial charge in [0.1, 0.15) is 0 Å². The summed E-state index contributed by atoms with van der Waals surface area (Å²) in [6.07, 6.45) is 2.69. The number of alkyl halides is 1. The maximum atomic E-state index is 3.64. The Morgan fingerprint density at radius 3 is 2.47 bits per heavy atom. The van der Waals surface area contributed by atoms with Crippen LogP contribution in [0.2, 0.25) is 0 Å². The highest BCUT2D eigenvalue weighted by atomic mass is 79.9. The normalized spacial score (nSPS) is 25.3. The molecule has 0 saturated heterocycles. The number of hydrogen-bond acceptors (Lipinski definition) is 0. The molecule has 0 radical (unpaired) electrons. The van der Waals surface area contributed by atoms with Crippen LogP contribution >= 0.6 is 15.9 Å². The van der Waals surface area contributed by atoms with Crippen molar-refractivity contribution in [2.45, 2.75) is 38.5 Å². The SMILES string of the molecule is CC(C)C1CCC(CBr)c2ccccc21. The average molecular weight is 267 g/mol. The molecule has 0 saturated carbocycles. The van der Waals surface area contributed by atoms with E-state index in [4.69, 9.17) is 0 Å². The number of halogens is 1. The van der Waals surface area contributed by atoms with Crippen LogP contribution < -0.4 is 0 Å². The van der Waals surface area contributed by atoms with Gasteiger partial charge in [-0.3, -0.25) is 0 Å². The molecule has 2 rings (SSSR count). The largest absolute Gasteiger partial charge is 0.0921 e. The minimum absolute atomic E-state index is 0.733. The van der Waals surface area contributed by atoms with Gasteiger partial charge in [-0.05, 0) is 41.7 Å². The maximum absolute atomic E-state index is 3.64. The van der Waals surface area contributed by atoms with Gasteiger partial charge in [-0.2, -0.15) is 0 Å². The van der Waals surface area contributed by atoms with Gasteiger partial charge in [-0.15, -0.1) is 0 Å². The zero-order chi connectivity index (χ0) is 10.8. The number of benzene rings is 1. The molecular weight excluding hydrogens is 248 g/mol. The molecule has 2 unspecified atom stereocenters. The fourth-order valence-corrected chi connectivity index (χ4v) is 3.44. The standard InChI is InChI=1S/C14H19Br/c1-10(2)12-8-7-11(9-15)13-5-3-4-6-14(12)13/h3-6,10-12H,7-9H2,1-2H3. The Kier molecular flexibility index (Phi) is 3.50. The van der Waals surface area contributed by atoms with E-state index >= 15 is 0 Å². The van der Waals surface area contributed by atoms with Crippen LogP contribution in [0.25, 0.3) is 0 Å². The van der Waals surface area contributed by atoms with E-state index in [1.165, 1.54) is 12.8 Å². The molecule has 0 heterocycles. The first-order chi connectivity index (χ1) is 7.24. The Bertz CT molecular complexity index is 330. The van der Waals surface area contributed by atoms with Gasteiger partial charge < -0.3 is 0 Å². The molecule has 0 spiro atoms. The second-order valence-electron chi connectivity index (χ2n) is 4.91. The monoisotopic (exact) mass is 266 g/mol. The minimum Gasteiger partial charge on any atom is -0.0921 e. The molecule has 15 heavy (non-hydrogen) atoms. The van der Waals surface area contributed by atoms with Crippen LogP contribution in [0.4, 0.5) is 0 Å². The first-order valence-electron chi connectivity index (χ1n) is 5.88. The topological polar surface area (TPSA) is 0 Å². The molecule has 1 aliphatic carbocycles. The lowest BCUT2D eigenvalue weighted by Gasteiger charge is -2.33. The van der Waals surface area contributed by atoms with Crippen molar-refractivity contribution in [1.29, 1.82) is 0 Å². The van der Waals surface area contributed by atoms with Crippen molar-refractivity contribution in [3.05, 3.63) is 35.4 Å². The molecule has 0 aromatic heterocycles. The van der Waals surface area contributed by atoms with E-state index in [1.807, 2.05) is 0 Å². The Labute approximate surface area is 101 Å². The Balaban J connectivity index is 2.39. The Morgan fingerprint density at radius 2 is 1.87 bits per heavy atom. The fraction of sp³-hybridized carbons (Fsp3) is 0.571. The first-order valence-corrected chi connectivity index (χ1v) is 7.01. The molecule has 1 aliphatic rings. The predicted molar refractivity (Wildman–Crippen MR) is 69.8 cm³/mol. The molecule has 1 heteroatoms. The summed E-state index contributed by atoms with van der Waals surface area (Å²) in [7, 11) is 0. The van der Waals surface area contributed by atoms with Crippen LogP contribution in [-0.2, 0) is 0 Å². The summed E-state index contributed by atoms with van der Waals surface area (Å²) < 4.78 is 0. The van der Waals surface area contributed by atoms with E-state index in [0.717, 1.165) is 23.1 Å². The Hall–Kier alpha value is -0.300. The zero-order valence-electron chi connectivity index (χ0n) is 9.54. The van der Waals surface area contributed by atoms with Crippen LogP contribution in [0, 0.1) is 5.92 Å². The molecule has 0 nitrogen and oxygen atoms in total. The molecule has 0 fully saturated rings. The third-order valence-corrected chi connectivity index (χ3v) is 4.43. The van der Waals surface area contributed by atoms with E-state index < -0.39 is 0 Å². The Morgan fingerprint density at radius 1 is 1.20 bits per heavy atom. The molecule has 82 valence electrons. The third-order valence-electron chi connectivity index (χ3n) is 3.65. The summed E-state index contributed by atoms with van der Waals surface area (Å²) in [5.74, 6) is 2.27. The summed E-state index contributed by atoms with van der Waals surface area (Å²) in [6.45, 7) is 4.69. The lowest BCUT2D eigenvalue weighted by atomic mass is 9.73. The van der Waals surface area contributed by atoms with Crippen molar-refractivity contribution in [2.24, 2.45) is 5.92 Å². The molecule has 1 aromatic rings. The van der Waals surface area contributed by atoms with E-state index in [9.17, 15) is 0 Å². The molecule has 0 bridgehead atoms. The quantitative estimate of drug-likeness (QED) is 0.681. The minimum atomic E-state index is 0.733. The van der Waals surface area contributed by atoms with Crippen LogP contribution in [0.15, 0.2) is 24.3 Å². The average Bonchev–Trinajstić information content (AvgIpc) is 2.27. The van der Waals surface area contributed by atoms with Crippen LogP contribution in [-0.4, -0.2) is 5.33 Å². The second-order valence-corrected chi connectivity index (χ2v) is 5.56. The van der Waals surface area contributed by atoms with Gasteiger partial charge in [-0.25, -0.2) is 0 Å². The second kappa shape index (κ2) is 4.69. The van der Waals surface area contributed by atoms with Crippen molar-refractivity contribution >= 4 is 15.9 Å². The summed E-state index contributed by atoms with van der Waals surface area (Å²) in [5.41, 5.74) is 3.18.